The van der Waals surface area contributed by atoms with Gasteiger partial charge in [0.25, 0.3) is 5.91 Å². The van der Waals surface area contributed by atoms with E-state index in [0.717, 1.165) is 22.9 Å². The number of anilines is 1. The van der Waals surface area contributed by atoms with Crippen molar-refractivity contribution in [2.75, 3.05) is 44.2 Å². The third kappa shape index (κ3) is 4.87. The Morgan fingerprint density at radius 2 is 1.63 bits per heavy atom. The minimum absolute atomic E-state index is 0.0924. The minimum Gasteiger partial charge on any atom is -0.484 e. The number of piperazine rings is 1. The lowest BCUT2D eigenvalue weighted by atomic mass is 10.1. The van der Waals surface area contributed by atoms with Gasteiger partial charge in [-0.25, -0.2) is 8.42 Å². The molecular formula is C26H27N3O5S. The molecule has 0 bridgehead atoms. The summed E-state index contributed by atoms with van der Waals surface area (Å²) in [5.41, 5.74) is 0.768. The molecule has 3 aromatic carbocycles. The Bertz CT molecular complexity index is 1370. The molecule has 3 aromatic rings. The molecule has 0 unspecified atom stereocenters. The molecule has 2 amide bonds. The maximum atomic E-state index is 13.2. The van der Waals surface area contributed by atoms with E-state index < -0.39 is 10.0 Å². The first kappa shape index (κ1) is 23.3. The summed E-state index contributed by atoms with van der Waals surface area (Å²) < 4.78 is 33.4. The van der Waals surface area contributed by atoms with E-state index in [0.29, 0.717) is 31.8 Å². The maximum absolute atomic E-state index is 13.2. The Hall–Kier alpha value is -3.43. The Balaban J connectivity index is 1.17. The highest BCUT2D eigenvalue weighted by Crippen LogP contribution is 2.26. The van der Waals surface area contributed by atoms with E-state index in [1.807, 2.05) is 36.4 Å². The van der Waals surface area contributed by atoms with Crippen LogP contribution in [0.25, 0.3) is 10.8 Å². The molecular weight excluding hydrogens is 466 g/mol. The van der Waals surface area contributed by atoms with Crippen LogP contribution in [0, 0.1) is 0 Å². The van der Waals surface area contributed by atoms with Crippen molar-refractivity contribution in [3.05, 3.63) is 66.7 Å². The van der Waals surface area contributed by atoms with Crippen molar-refractivity contribution in [1.82, 2.24) is 9.21 Å². The average Bonchev–Trinajstić information content (AvgIpc) is 3.33. The molecule has 0 saturated carbocycles. The molecule has 35 heavy (non-hydrogen) atoms. The van der Waals surface area contributed by atoms with Crippen LogP contribution in [0.15, 0.2) is 71.6 Å². The largest absolute Gasteiger partial charge is 0.484 e. The summed E-state index contributed by atoms with van der Waals surface area (Å²) in [5.74, 6) is 0.415. The van der Waals surface area contributed by atoms with Crippen LogP contribution in [0.5, 0.6) is 5.75 Å². The Labute approximate surface area is 204 Å². The monoisotopic (exact) mass is 493 g/mol. The molecule has 0 aromatic heterocycles. The number of carbonyl (C=O) groups excluding carboxylic acids is 2. The number of hydrogen-bond acceptors (Lipinski definition) is 5. The van der Waals surface area contributed by atoms with Gasteiger partial charge in [0.1, 0.15) is 5.75 Å². The summed E-state index contributed by atoms with van der Waals surface area (Å²) in [6, 6.07) is 20.0. The summed E-state index contributed by atoms with van der Waals surface area (Å²) in [7, 11) is -3.64. The summed E-state index contributed by atoms with van der Waals surface area (Å²) in [6.07, 6.45) is 1.39. The molecule has 0 radical (unpaired) electrons. The number of hydrogen-bond donors (Lipinski definition) is 0. The summed E-state index contributed by atoms with van der Waals surface area (Å²) in [4.78, 5) is 28.3. The smallest absolute Gasteiger partial charge is 0.260 e. The molecule has 0 aliphatic carbocycles. The third-order valence-electron chi connectivity index (χ3n) is 6.52. The van der Waals surface area contributed by atoms with E-state index in [1.165, 1.54) is 4.31 Å². The van der Waals surface area contributed by atoms with E-state index in [2.05, 4.69) is 0 Å². The van der Waals surface area contributed by atoms with Gasteiger partial charge in [0, 0.05) is 50.9 Å². The van der Waals surface area contributed by atoms with E-state index in [-0.39, 0.29) is 36.4 Å². The van der Waals surface area contributed by atoms with Crippen LogP contribution >= 0.6 is 0 Å². The Morgan fingerprint density at radius 3 is 2.37 bits per heavy atom. The molecule has 182 valence electrons. The van der Waals surface area contributed by atoms with E-state index in [4.69, 9.17) is 4.74 Å². The number of sulfonamides is 1. The van der Waals surface area contributed by atoms with Crippen molar-refractivity contribution in [3.63, 3.8) is 0 Å². The van der Waals surface area contributed by atoms with Crippen LogP contribution in [-0.2, 0) is 19.6 Å². The summed E-state index contributed by atoms with van der Waals surface area (Å²) in [5, 5.41) is 1.86. The first-order valence-electron chi connectivity index (χ1n) is 11.7. The zero-order chi connectivity index (χ0) is 24.4. The average molecular weight is 494 g/mol. The highest BCUT2D eigenvalue weighted by atomic mass is 32.2. The first-order chi connectivity index (χ1) is 16.9. The van der Waals surface area contributed by atoms with E-state index >= 15 is 0 Å². The molecule has 0 atom stereocenters. The number of nitrogens with zero attached hydrogens (tertiary/aromatic N) is 3. The van der Waals surface area contributed by atoms with Gasteiger partial charge in [-0.1, -0.05) is 36.4 Å². The molecule has 2 saturated heterocycles. The van der Waals surface area contributed by atoms with Gasteiger partial charge >= 0.3 is 0 Å². The molecule has 5 rings (SSSR count). The van der Waals surface area contributed by atoms with Crippen molar-refractivity contribution < 1.29 is 22.7 Å². The van der Waals surface area contributed by atoms with Crippen molar-refractivity contribution in [2.24, 2.45) is 0 Å². The molecule has 2 aliphatic heterocycles. The van der Waals surface area contributed by atoms with Gasteiger partial charge in [0.2, 0.25) is 15.9 Å². The fraction of sp³-hybridized carbons (Fsp3) is 0.308. The van der Waals surface area contributed by atoms with Crippen LogP contribution in [0.1, 0.15) is 12.8 Å². The van der Waals surface area contributed by atoms with Gasteiger partial charge in [-0.15, -0.1) is 0 Å². The third-order valence-corrected chi connectivity index (χ3v) is 8.41. The number of carbonyl (C=O) groups is 2. The van der Waals surface area contributed by atoms with Crippen LogP contribution in [0.2, 0.25) is 0 Å². The number of ether oxygens (including phenoxy) is 1. The van der Waals surface area contributed by atoms with E-state index in [1.54, 1.807) is 40.1 Å². The summed E-state index contributed by atoms with van der Waals surface area (Å²) >= 11 is 0. The number of rotatable bonds is 6. The number of benzene rings is 3. The minimum atomic E-state index is -3.64. The standard InChI is InChI=1S/C26H27N3O5S/c30-25-9-4-12-29(25)22-7-3-8-23(18-22)34-19-26(31)27-13-15-28(16-14-27)35(32,33)24-11-10-20-5-1-2-6-21(20)17-24/h1-3,5-8,10-11,17-18H,4,9,12-16,19H2. The van der Waals surface area contributed by atoms with Gasteiger partial charge in [-0.2, -0.15) is 4.31 Å². The SMILES string of the molecule is O=C(COc1cccc(N2CCCC2=O)c1)N1CCN(S(=O)(=O)c2ccc3ccccc3c2)CC1. The van der Waals surface area contributed by atoms with Crippen molar-refractivity contribution in [3.8, 4) is 5.75 Å². The molecule has 2 aliphatic rings. The first-order valence-corrected chi connectivity index (χ1v) is 13.2. The summed E-state index contributed by atoms with van der Waals surface area (Å²) in [6.45, 7) is 1.61. The normalized spacial score (nSPS) is 17.2. The lowest BCUT2D eigenvalue weighted by Crippen LogP contribution is -2.51. The van der Waals surface area contributed by atoms with Crippen molar-refractivity contribution >= 4 is 38.3 Å². The Kier molecular flexibility index (Phi) is 6.44. The highest BCUT2D eigenvalue weighted by molar-refractivity contribution is 7.89. The molecule has 8 nitrogen and oxygen atoms in total. The molecule has 2 fully saturated rings. The molecule has 9 heteroatoms. The second kappa shape index (κ2) is 9.67. The molecule has 0 N–H and O–H groups in total. The van der Waals surface area contributed by atoms with Gasteiger partial charge in [0.15, 0.2) is 6.61 Å². The zero-order valence-corrected chi connectivity index (χ0v) is 20.1. The van der Waals surface area contributed by atoms with Crippen LogP contribution < -0.4 is 9.64 Å². The predicted molar refractivity (Wildman–Crippen MR) is 133 cm³/mol. The maximum Gasteiger partial charge on any atom is 0.260 e. The molecule has 2 heterocycles. The van der Waals surface area contributed by atoms with Gasteiger partial charge in [-0.3, -0.25) is 9.59 Å². The Morgan fingerprint density at radius 1 is 0.857 bits per heavy atom. The van der Waals surface area contributed by atoms with Crippen LogP contribution in [-0.4, -0.2) is 68.8 Å². The zero-order valence-electron chi connectivity index (χ0n) is 19.3. The quantitative estimate of drug-likeness (QED) is 0.527. The highest BCUT2D eigenvalue weighted by Gasteiger charge is 2.30. The lowest BCUT2D eigenvalue weighted by Gasteiger charge is -2.34. The number of fused-ring (bicyclic) bond motifs is 1. The molecule has 0 spiro atoms. The van der Waals surface area contributed by atoms with Crippen molar-refractivity contribution in [1.29, 1.82) is 0 Å². The second-order valence-corrected chi connectivity index (χ2v) is 10.7. The van der Waals surface area contributed by atoms with Crippen LogP contribution in [0.4, 0.5) is 5.69 Å². The lowest BCUT2D eigenvalue weighted by molar-refractivity contribution is -0.134. The second-order valence-electron chi connectivity index (χ2n) is 8.73. The number of amides is 2. The predicted octanol–water partition coefficient (Wildman–Crippen LogP) is 2.88. The van der Waals surface area contributed by atoms with Crippen LogP contribution in [0.3, 0.4) is 0 Å². The van der Waals surface area contributed by atoms with Crippen molar-refractivity contribution in [2.45, 2.75) is 17.7 Å². The van der Waals surface area contributed by atoms with Gasteiger partial charge in [0.05, 0.1) is 4.90 Å². The fourth-order valence-corrected chi connectivity index (χ4v) is 6.01. The van der Waals surface area contributed by atoms with Gasteiger partial charge in [-0.05, 0) is 41.5 Å². The fourth-order valence-electron chi connectivity index (χ4n) is 4.55. The van der Waals surface area contributed by atoms with E-state index in [9.17, 15) is 18.0 Å². The topological polar surface area (TPSA) is 87.2 Å². The van der Waals surface area contributed by atoms with Gasteiger partial charge < -0.3 is 14.5 Å².